The molecular formula is C29H44N4O4. The lowest BCUT2D eigenvalue weighted by atomic mass is 10.0. The average molecular weight is 513 g/mol. The first-order valence-corrected chi connectivity index (χ1v) is 13.6. The molecule has 37 heavy (non-hydrogen) atoms. The SMILES string of the molecule is C=C1CCC(n2c(=O)n(C)c3c(CCCCCCCN(C(=O)OC(C)(C)C)C(C)C)cccc32)C(=O)N1. The molecule has 2 amide bonds. The van der Waals surface area contributed by atoms with Crippen LogP contribution in [0.3, 0.4) is 0 Å². The maximum absolute atomic E-state index is 13.1. The fourth-order valence-electron chi connectivity index (χ4n) is 5.04. The number of piperidine rings is 1. The third-order valence-electron chi connectivity index (χ3n) is 6.92. The number of aromatic nitrogens is 2. The highest BCUT2D eigenvalue weighted by molar-refractivity contribution is 5.87. The lowest BCUT2D eigenvalue weighted by Crippen LogP contribution is -2.41. The van der Waals surface area contributed by atoms with Crippen LogP contribution in [0.1, 0.15) is 91.2 Å². The number of nitrogens with zero attached hydrogens (tertiary/aromatic N) is 3. The Labute approximate surface area is 220 Å². The molecule has 0 aliphatic carbocycles. The van der Waals surface area contributed by atoms with E-state index in [-0.39, 0.29) is 23.7 Å². The molecular weight excluding hydrogens is 468 g/mol. The van der Waals surface area contributed by atoms with Crippen LogP contribution in [0.5, 0.6) is 0 Å². The van der Waals surface area contributed by atoms with Gasteiger partial charge in [0.1, 0.15) is 11.6 Å². The van der Waals surface area contributed by atoms with Gasteiger partial charge < -0.3 is 15.0 Å². The van der Waals surface area contributed by atoms with Gasteiger partial charge in [-0.15, -0.1) is 0 Å². The van der Waals surface area contributed by atoms with Gasteiger partial charge in [-0.1, -0.05) is 38.0 Å². The van der Waals surface area contributed by atoms with E-state index >= 15 is 0 Å². The number of aryl methyl sites for hydroxylation is 2. The summed E-state index contributed by atoms with van der Waals surface area (Å²) in [7, 11) is 1.79. The summed E-state index contributed by atoms with van der Waals surface area (Å²) in [5.74, 6) is -0.168. The normalized spacial score (nSPS) is 16.4. The Kier molecular flexibility index (Phi) is 9.26. The van der Waals surface area contributed by atoms with E-state index in [2.05, 4.69) is 18.0 Å². The van der Waals surface area contributed by atoms with Crippen LogP contribution in [-0.2, 0) is 23.0 Å². The zero-order valence-electron chi connectivity index (χ0n) is 23.4. The van der Waals surface area contributed by atoms with Gasteiger partial charge in [-0.25, -0.2) is 9.59 Å². The monoisotopic (exact) mass is 512 g/mol. The second-order valence-corrected chi connectivity index (χ2v) is 11.4. The number of rotatable bonds is 10. The topological polar surface area (TPSA) is 85.6 Å². The number of imidazole rings is 1. The molecule has 0 bridgehead atoms. The third kappa shape index (κ3) is 7.05. The average Bonchev–Trinajstić information content (AvgIpc) is 3.05. The molecule has 1 aromatic carbocycles. The minimum Gasteiger partial charge on any atom is -0.444 e. The van der Waals surface area contributed by atoms with Crippen LogP contribution in [-0.4, -0.2) is 44.2 Å². The second kappa shape index (κ2) is 12.0. The Balaban J connectivity index is 1.55. The molecule has 1 aliphatic rings. The van der Waals surface area contributed by atoms with Gasteiger partial charge in [0.25, 0.3) is 0 Å². The van der Waals surface area contributed by atoms with Gasteiger partial charge in [0.05, 0.1) is 11.0 Å². The minimum absolute atomic E-state index is 0.104. The van der Waals surface area contributed by atoms with Crippen LogP contribution in [0, 0.1) is 0 Å². The number of amides is 2. The molecule has 0 spiro atoms. The summed E-state index contributed by atoms with van der Waals surface area (Å²) in [6.07, 6.45) is 7.05. The van der Waals surface area contributed by atoms with Crippen molar-refractivity contribution in [2.75, 3.05) is 6.54 Å². The number of benzene rings is 1. The Hall–Kier alpha value is -3.03. The maximum Gasteiger partial charge on any atom is 0.410 e. The number of hydrogen-bond acceptors (Lipinski definition) is 4. The number of carbonyl (C=O) groups is 2. The molecule has 1 unspecified atom stereocenters. The number of fused-ring (bicyclic) bond motifs is 1. The van der Waals surface area contributed by atoms with E-state index in [9.17, 15) is 14.4 Å². The van der Waals surface area contributed by atoms with E-state index in [1.165, 1.54) is 0 Å². The first-order valence-electron chi connectivity index (χ1n) is 13.6. The molecule has 2 aromatic rings. The van der Waals surface area contributed by atoms with Gasteiger partial charge >= 0.3 is 11.8 Å². The van der Waals surface area contributed by atoms with Crippen molar-refractivity contribution >= 4 is 23.0 Å². The third-order valence-corrected chi connectivity index (χ3v) is 6.92. The van der Waals surface area contributed by atoms with Crippen molar-refractivity contribution in [3.63, 3.8) is 0 Å². The molecule has 1 fully saturated rings. The predicted molar refractivity (Wildman–Crippen MR) is 148 cm³/mol. The van der Waals surface area contributed by atoms with E-state index in [0.29, 0.717) is 25.1 Å². The van der Waals surface area contributed by atoms with Gasteiger partial charge in [0.2, 0.25) is 5.91 Å². The Morgan fingerprint density at radius 2 is 1.84 bits per heavy atom. The summed E-state index contributed by atoms with van der Waals surface area (Å²) in [6, 6.07) is 5.58. The van der Waals surface area contributed by atoms with Crippen LogP contribution < -0.4 is 11.0 Å². The van der Waals surface area contributed by atoms with Crippen LogP contribution in [0.15, 0.2) is 35.3 Å². The fourth-order valence-corrected chi connectivity index (χ4v) is 5.04. The number of nitrogens with one attached hydrogen (secondary N) is 1. The molecule has 0 radical (unpaired) electrons. The molecule has 1 N–H and O–H groups in total. The number of carbonyl (C=O) groups excluding carboxylic acids is 2. The molecule has 8 nitrogen and oxygen atoms in total. The van der Waals surface area contributed by atoms with Gasteiger partial charge in [-0.3, -0.25) is 13.9 Å². The summed E-state index contributed by atoms with van der Waals surface area (Å²) in [4.78, 5) is 40.0. The van der Waals surface area contributed by atoms with E-state index < -0.39 is 11.6 Å². The fraction of sp³-hybridized carbons (Fsp3) is 0.621. The number of unbranched alkanes of at least 4 members (excludes halogenated alkanes) is 4. The number of hydrogen-bond donors (Lipinski definition) is 1. The van der Waals surface area contributed by atoms with Crippen molar-refractivity contribution in [2.45, 2.75) is 104 Å². The summed E-state index contributed by atoms with van der Waals surface area (Å²) < 4.78 is 8.87. The largest absolute Gasteiger partial charge is 0.444 e. The van der Waals surface area contributed by atoms with Crippen molar-refractivity contribution in [1.29, 1.82) is 0 Å². The molecule has 3 rings (SSSR count). The highest BCUT2D eigenvalue weighted by Crippen LogP contribution is 2.27. The van der Waals surface area contributed by atoms with E-state index in [1.807, 2.05) is 46.8 Å². The minimum atomic E-state index is -0.511. The van der Waals surface area contributed by atoms with Gasteiger partial charge in [-0.2, -0.15) is 0 Å². The summed E-state index contributed by atoms with van der Waals surface area (Å²) in [5, 5.41) is 2.80. The number of ether oxygens (including phenoxy) is 1. The molecule has 0 saturated carbocycles. The zero-order chi connectivity index (χ0) is 27.3. The molecule has 2 heterocycles. The van der Waals surface area contributed by atoms with Crippen molar-refractivity contribution in [2.24, 2.45) is 7.05 Å². The first-order chi connectivity index (χ1) is 17.4. The zero-order valence-corrected chi connectivity index (χ0v) is 23.4. The molecule has 1 saturated heterocycles. The molecule has 1 aromatic heterocycles. The molecule has 204 valence electrons. The maximum atomic E-state index is 13.1. The highest BCUT2D eigenvalue weighted by Gasteiger charge is 2.29. The Morgan fingerprint density at radius 1 is 1.16 bits per heavy atom. The smallest absolute Gasteiger partial charge is 0.410 e. The summed E-state index contributed by atoms with van der Waals surface area (Å²) in [6.45, 7) is 14.2. The highest BCUT2D eigenvalue weighted by atomic mass is 16.6. The Bertz CT molecular complexity index is 1180. The molecule has 8 heteroatoms. The van der Waals surface area contributed by atoms with Gasteiger partial charge in [-0.05, 0) is 78.4 Å². The van der Waals surface area contributed by atoms with Crippen LogP contribution in [0.4, 0.5) is 4.79 Å². The summed E-state index contributed by atoms with van der Waals surface area (Å²) >= 11 is 0. The van der Waals surface area contributed by atoms with Crippen LogP contribution in [0.25, 0.3) is 11.0 Å². The van der Waals surface area contributed by atoms with E-state index in [0.717, 1.165) is 55.1 Å². The number of para-hydroxylation sites is 1. The Morgan fingerprint density at radius 3 is 2.49 bits per heavy atom. The first kappa shape index (κ1) is 28.5. The van der Waals surface area contributed by atoms with Crippen molar-refractivity contribution in [1.82, 2.24) is 19.4 Å². The lowest BCUT2D eigenvalue weighted by Gasteiger charge is -2.30. The summed E-state index contributed by atoms with van der Waals surface area (Å²) in [5.41, 5.74) is 2.91. The predicted octanol–water partition coefficient (Wildman–Crippen LogP) is 5.44. The van der Waals surface area contributed by atoms with Crippen molar-refractivity contribution in [3.8, 4) is 0 Å². The number of allylic oxidation sites excluding steroid dienone is 1. The lowest BCUT2D eigenvalue weighted by molar-refractivity contribution is -0.124. The standard InChI is InChI=1S/C29H44N4O4/c1-20(2)32(28(36)37-29(4,5)6)19-12-10-8-9-11-14-22-15-13-16-23-25(22)31(7)27(35)33(23)24-18-17-21(3)30-26(24)34/h13,15-16,20,24H,3,8-12,14,17-19H2,1-2,4-7H3,(H,30,34). The molecule has 1 aliphatic heterocycles. The van der Waals surface area contributed by atoms with Crippen LogP contribution in [0.2, 0.25) is 0 Å². The van der Waals surface area contributed by atoms with Gasteiger partial charge in [0, 0.05) is 25.3 Å². The van der Waals surface area contributed by atoms with Gasteiger partial charge in [0.15, 0.2) is 0 Å². The second-order valence-electron chi connectivity index (χ2n) is 11.4. The van der Waals surface area contributed by atoms with E-state index in [4.69, 9.17) is 4.74 Å². The molecule has 1 atom stereocenters. The van der Waals surface area contributed by atoms with Crippen molar-refractivity contribution in [3.05, 3.63) is 46.5 Å². The van der Waals surface area contributed by atoms with E-state index in [1.54, 1.807) is 21.1 Å². The van der Waals surface area contributed by atoms with Crippen LogP contribution >= 0.6 is 0 Å². The van der Waals surface area contributed by atoms with Crippen molar-refractivity contribution < 1.29 is 14.3 Å². The quantitative estimate of drug-likeness (QED) is 0.429.